The fourth-order valence-electron chi connectivity index (χ4n) is 6.27. The molecule has 2 N–H and O–H groups in total. The lowest BCUT2D eigenvalue weighted by Gasteiger charge is -2.56. The lowest BCUT2D eigenvalue weighted by molar-refractivity contribution is -0.160. The second-order valence-electron chi connectivity index (χ2n) is 9.88. The number of piperidine rings is 3. The van der Waals surface area contributed by atoms with Crippen molar-refractivity contribution in [2.75, 3.05) is 39.4 Å². The van der Waals surface area contributed by atoms with Crippen molar-refractivity contribution in [2.24, 2.45) is 17.8 Å². The molecule has 1 aromatic rings. The number of fused-ring (bicyclic) bond motifs is 4. The van der Waals surface area contributed by atoms with Gasteiger partial charge in [0.1, 0.15) is 6.04 Å². The summed E-state index contributed by atoms with van der Waals surface area (Å²) in [6.07, 6.45) is 10.4. The highest BCUT2D eigenvalue weighted by molar-refractivity contribution is 5.89. The van der Waals surface area contributed by atoms with Gasteiger partial charge >= 0.3 is 0 Å². The minimum atomic E-state index is -0.314. The number of carbonyl (C=O) groups is 2. The van der Waals surface area contributed by atoms with Crippen LogP contribution in [0, 0.1) is 17.8 Å². The van der Waals surface area contributed by atoms with Crippen molar-refractivity contribution < 1.29 is 14.3 Å². The van der Waals surface area contributed by atoms with E-state index in [9.17, 15) is 9.59 Å². The van der Waals surface area contributed by atoms with Gasteiger partial charge in [0.15, 0.2) is 0 Å². The maximum absolute atomic E-state index is 13.4. The minimum Gasteiger partial charge on any atom is -0.381 e. The summed E-state index contributed by atoms with van der Waals surface area (Å²) in [6, 6.07) is -0.0985. The Hall–Kier alpha value is -1.93. The molecule has 0 radical (unpaired) electrons. The van der Waals surface area contributed by atoms with E-state index in [2.05, 4.69) is 20.4 Å². The summed E-state index contributed by atoms with van der Waals surface area (Å²) in [5.74, 6) is 1.43. The number of nitrogens with one attached hydrogen (secondary N) is 2. The Kier molecular flexibility index (Phi) is 6.27. The van der Waals surface area contributed by atoms with Gasteiger partial charge in [0.2, 0.25) is 11.8 Å². The van der Waals surface area contributed by atoms with Gasteiger partial charge in [-0.25, -0.2) is 0 Å². The summed E-state index contributed by atoms with van der Waals surface area (Å²) < 4.78 is 5.45. The predicted octanol–water partition coefficient (Wildman–Crippen LogP) is 1.20. The van der Waals surface area contributed by atoms with E-state index in [0.717, 1.165) is 71.4 Å². The summed E-state index contributed by atoms with van der Waals surface area (Å²) in [5.41, 5.74) is 1.22. The minimum absolute atomic E-state index is 0.0619. The molecule has 31 heavy (non-hydrogen) atoms. The molecular formula is C23H35N5O3. The van der Waals surface area contributed by atoms with Crippen LogP contribution >= 0.6 is 0 Å². The molecule has 5 heterocycles. The number of hydrogen-bond donors (Lipinski definition) is 2. The average molecular weight is 430 g/mol. The second kappa shape index (κ2) is 9.28. The molecule has 0 unspecified atom stereocenters. The molecule has 0 aliphatic carbocycles. The number of aromatic amines is 1. The monoisotopic (exact) mass is 429 g/mol. The Morgan fingerprint density at radius 1 is 1.23 bits per heavy atom. The number of ether oxygens (including phenoxy) is 1. The van der Waals surface area contributed by atoms with Gasteiger partial charge in [0, 0.05) is 64.0 Å². The molecule has 4 aliphatic heterocycles. The van der Waals surface area contributed by atoms with Crippen molar-refractivity contribution in [3.63, 3.8) is 0 Å². The smallest absolute Gasteiger partial charge is 0.243 e. The van der Waals surface area contributed by atoms with Crippen LogP contribution in [0.15, 0.2) is 12.4 Å². The fraction of sp³-hybridized carbons (Fsp3) is 0.783. The van der Waals surface area contributed by atoms with Gasteiger partial charge in [0.05, 0.1) is 6.20 Å². The zero-order valence-corrected chi connectivity index (χ0v) is 18.3. The van der Waals surface area contributed by atoms with Crippen LogP contribution in [0.25, 0.3) is 0 Å². The molecule has 4 atom stereocenters. The standard InChI is InChI=1S/C23H35N5O3/c29-21-3-1-2-20-18-10-19(15-27(14-18)7-4-17-12-25-26-13-17)22(28(20)21)23(30)24-11-16-5-8-31-9-6-16/h12-13,16,18-20,22H,1-11,14-15H2,(H,24,30)(H,25,26)/t18-,19+,20+,22-/m1/s1. The van der Waals surface area contributed by atoms with Crippen LogP contribution in [0.1, 0.15) is 44.1 Å². The Bertz CT molecular complexity index is 763. The highest BCUT2D eigenvalue weighted by Crippen LogP contribution is 2.41. The number of rotatable bonds is 6. The topological polar surface area (TPSA) is 90.6 Å². The first kappa shape index (κ1) is 20.9. The summed E-state index contributed by atoms with van der Waals surface area (Å²) >= 11 is 0. The summed E-state index contributed by atoms with van der Waals surface area (Å²) in [4.78, 5) is 30.9. The Morgan fingerprint density at radius 2 is 2.06 bits per heavy atom. The van der Waals surface area contributed by atoms with E-state index in [1.165, 1.54) is 5.56 Å². The fourth-order valence-corrected chi connectivity index (χ4v) is 6.27. The summed E-state index contributed by atoms with van der Waals surface area (Å²) in [6.45, 7) is 5.16. The Balaban J connectivity index is 1.28. The molecule has 2 amide bonds. The van der Waals surface area contributed by atoms with Gasteiger partial charge in [-0.2, -0.15) is 5.10 Å². The molecular weight excluding hydrogens is 394 g/mol. The van der Waals surface area contributed by atoms with E-state index < -0.39 is 0 Å². The SMILES string of the molecule is O=C(NCC1CCOCC1)[C@H]1[C@H]2C[C@H](CN(CCc3cn[nH]c3)C2)[C@@H]2CCCC(=O)N21. The number of carbonyl (C=O) groups excluding carboxylic acids is 2. The van der Waals surface area contributed by atoms with E-state index in [1.807, 2.05) is 17.3 Å². The molecule has 4 aliphatic rings. The number of nitrogens with zero attached hydrogens (tertiary/aromatic N) is 3. The second-order valence-corrected chi connectivity index (χ2v) is 9.88. The predicted molar refractivity (Wildman–Crippen MR) is 115 cm³/mol. The molecule has 170 valence electrons. The summed E-state index contributed by atoms with van der Waals surface area (Å²) in [5, 5.41) is 10.2. The van der Waals surface area contributed by atoms with Gasteiger partial charge in [-0.3, -0.25) is 14.7 Å². The van der Waals surface area contributed by atoms with Crippen LogP contribution in [-0.2, 0) is 20.7 Å². The van der Waals surface area contributed by atoms with E-state index >= 15 is 0 Å². The van der Waals surface area contributed by atoms with Gasteiger partial charge in [-0.05, 0) is 55.9 Å². The van der Waals surface area contributed by atoms with Crippen molar-refractivity contribution in [1.82, 2.24) is 25.3 Å². The van der Waals surface area contributed by atoms with Crippen LogP contribution in [0.4, 0.5) is 0 Å². The zero-order valence-electron chi connectivity index (χ0n) is 18.3. The number of likely N-dealkylation sites (tertiary alicyclic amines) is 1. The number of H-pyrrole nitrogens is 1. The molecule has 4 fully saturated rings. The van der Waals surface area contributed by atoms with Crippen molar-refractivity contribution >= 4 is 11.8 Å². The van der Waals surface area contributed by atoms with E-state index in [-0.39, 0.29) is 29.8 Å². The van der Waals surface area contributed by atoms with Crippen LogP contribution in [-0.4, -0.2) is 83.3 Å². The Morgan fingerprint density at radius 3 is 2.87 bits per heavy atom. The lowest BCUT2D eigenvalue weighted by Crippen LogP contribution is -2.68. The Labute approximate surface area is 184 Å². The maximum Gasteiger partial charge on any atom is 0.243 e. The van der Waals surface area contributed by atoms with Gasteiger partial charge in [-0.15, -0.1) is 0 Å². The third kappa shape index (κ3) is 4.51. The third-order valence-corrected chi connectivity index (χ3v) is 7.86. The quantitative estimate of drug-likeness (QED) is 0.709. The van der Waals surface area contributed by atoms with Crippen molar-refractivity contribution in [3.8, 4) is 0 Å². The van der Waals surface area contributed by atoms with E-state index in [4.69, 9.17) is 4.74 Å². The van der Waals surface area contributed by atoms with Crippen LogP contribution in [0.2, 0.25) is 0 Å². The van der Waals surface area contributed by atoms with Gasteiger partial charge in [0.25, 0.3) is 0 Å². The van der Waals surface area contributed by atoms with Crippen molar-refractivity contribution in [3.05, 3.63) is 18.0 Å². The van der Waals surface area contributed by atoms with E-state index in [1.54, 1.807) is 0 Å². The molecule has 0 saturated carbocycles. The molecule has 8 heteroatoms. The molecule has 5 rings (SSSR count). The van der Waals surface area contributed by atoms with Crippen LogP contribution in [0.3, 0.4) is 0 Å². The molecule has 8 nitrogen and oxygen atoms in total. The largest absolute Gasteiger partial charge is 0.381 e. The average Bonchev–Trinajstić information content (AvgIpc) is 3.31. The number of hydrogen-bond acceptors (Lipinski definition) is 5. The molecule has 0 aromatic carbocycles. The van der Waals surface area contributed by atoms with E-state index in [0.29, 0.717) is 24.8 Å². The maximum atomic E-state index is 13.4. The third-order valence-electron chi connectivity index (χ3n) is 7.86. The molecule has 0 spiro atoms. The van der Waals surface area contributed by atoms with Gasteiger partial charge < -0.3 is 19.9 Å². The van der Waals surface area contributed by atoms with Crippen LogP contribution < -0.4 is 5.32 Å². The summed E-state index contributed by atoms with van der Waals surface area (Å²) in [7, 11) is 0. The van der Waals surface area contributed by atoms with Crippen LogP contribution in [0.5, 0.6) is 0 Å². The van der Waals surface area contributed by atoms with Crippen molar-refractivity contribution in [2.45, 2.75) is 57.0 Å². The highest BCUT2D eigenvalue weighted by Gasteiger charge is 2.51. The zero-order chi connectivity index (χ0) is 21.2. The molecule has 2 bridgehead atoms. The van der Waals surface area contributed by atoms with Gasteiger partial charge in [-0.1, -0.05) is 0 Å². The lowest BCUT2D eigenvalue weighted by atomic mass is 9.71. The normalized spacial score (nSPS) is 32.0. The first-order chi connectivity index (χ1) is 15.2. The number of amides is 2. The number of aromatic nitrogens is 2. The first-order valence-corrected chi connectivity index (χ1v) is 12.1. The molecule has 1 aromatic heterocycles. The highest BCUT2D eigenvalue weighted by atomic mass is 16.5. The first-order valence-electron chi connectivity index (χ1n) is 12.1. The van der Waals surface area contributed by atoms with Crippen molar-refractivity contribution in [1.29, 1.82) is 0 Å². The molecule has 4 saturated heterocycles.